The van der Waals surface area contributed by atoms with Crippen molar-refractivity contribution in [3.05, 3.63) is 0 Å². The van der Waals surface area contributed by atoms with Gasteiger partial charge in [-0.05, 0) is 12.8 Å². The van der Waals surface area contributed by atoms with Gasteiger partial charge in [0.1, 0.15) is 0 Å². The topological polar surface area (TPSA) is 72.0 Å². The first-order valence-corrected chi connectivity index (χ1v) is 6.53. The molecule has 0 atom stereocenters. The van der Waals surface area contributed by atoms with E-state index in [4.69, 9.17) is 4.74 Å². The zero-order valence-electron chi connectivity index (χ0n) is 11.7. The van der Waals surface area contributed by atoms with Crippen molar-refractivity contribution < 1.29 is 4.74 Å². The molecule has 6 nitrogen and oxygen atoms in total. The quantitative estimate of drug-likeness (QED) is 0.739. The summed E-state index contributed by atoms with van der Waals surface area (Å²) in [6.07, 6.45) is 2.29. The zero-order valence-corrected chi connectivity index (χ0v) is 11.7. The van der Waals surface area contributed by atoms with Gasteiger partial charge in [0.2, 0.25) is 11.9 Å². The highest BCUT2D eigenvalue weighted by Gasteiger charge is 2.08. The van der Waals surface area contributed by atoms with E-state index >= 15 is 0 Å². The molecule has 1 aromatic rings. The van der Waals surface area contributed by atoms with Crippen LogP contribution in [-0.4, -0.2) is 35.2 Å². The van der Waals surface area contributed by atoms with Gasteiger partial charge in [-0.1, -0.05) is 26.7 Å². The molecule has 0 fully saturated rings. The van der Waals surface area contributed by atoms with Gasteiger partial charge in [0.15, 0.2) is 0 Å². The van der Waals surface area contributed by atoms with Crippen molar-refractivity contribution in [2.45, 2.75) is 33.6 Å². The summed E-state index contributed by atoms with van der Waals surface area (Å²) in [5.74, 6) is 1.71. The molecule has 0 amide bonds. The van der Waals surface area contributed by atoms with Crippen LogP contribution in [0.15, 0.2) is 0 Å². The summed E-state index contributed by atoms with van der Waals surface area (Å²) in [6.45, 7) is 7.69. The molecular weight excluding hydrogens is 230 g/mol. The van der Waals surface area contributed by atoms with Crippen LogP contribution in [0.2, 0.25) is 0 Å². The van der Waals surface area contributed by atoms with Crippen LogP contribution >= 0.6 is 0 Å². The summed E-state index contributed by atoms with van der Waals surface area (Å²) in [6, 6.07) is 0.351. The van der Waals surface area contributed by atoms with Gasteiger partial charge < -0.3 is 15.4 Å². The Hall–Kier alpha value is -1.59. The lowest BCUT2D eigenvalue weighted by atomic mass is 10.0. The molecule has 18 heavy (non-hydrogen) atoms. The van der Waals surface area contributed by atoms with Gasteiger partial charge in [0.05, 0.1) is 6.61 Å². The molecule has 0 aliphatic rings. The van der Waals surface area contributed by atoms with Crippen LogP contribution in [0.5, 0.6) is 6.01 Å². The maximum Gasteiger partial charge on any atom is 0.323 e. The Kier molecular flexibility index (Phi) is 6.18. The predicted molar refractivity (Wildman–Crippen MR) is 73.1 cm³/mol. The molecule has 0 radical (unpaired) electrons. The number of nitrogens with zero attached hydrogens (tertiary/aromatic N) is 3. The second-order valence-corrected chi connectivity index (χ2v) is 4.01. The largest absolute Gasteiger partial charge is 0.464 e. The maximum absolute atomic E-state index is 5.31. The molecular formula is C12H23N5O. The number of hydrogen-bond donors (Lipinski definition) is 2. The SMILES string of the molecule is CCOc1nc(NC)nc(NCC(CC)CC)n1. The highest BCUT2D eigenvalue weighted by atomic mass is 16.5. The fraction of sp³-hybridized carbons (Fsp3) is 0.750. The summed E-state index contributed by atoms with van der Waals surface area (Å²) in [5, 5.41) is 6.14. The van der Waals surface area contributed by atoms with Gasteiger partial charge in [-0.3, -0.25) is 0 Å². The molecule has 1 heterocycles. The summed E-state index contributed by atoms with van der Waals surface area (Å²) in [4.78, 5) is 12.6. The van der Waals surface area contributed by atoms with Crippen molar-refractivity contribution in [2.24, 2.45) is 5.92 Å². The number of aromatic nitrogens is 3. The van der Waals surface area contributed by atoms with E-state index in [1.54, 1.807) is 7.05 Å². The van der Waals surface area contributed by atoms with E-state index in [0.29, 0.717) is 30.4 Å². The molecule has 0 aromatic carbocycles. The van der Waals surface area contributed by atoms with Crippen LogP contribution in [-0.2, 0) is 0 Å². The van der Waals surface area contributed by atoms with Crippen molar-refractivity contribution in [2.75, 3.05) is 30.8 Å². The average Bonchev–Trinajstić information content (AvgIpc) is 2.40. The fourth-order valence-corrected chi connectivity index (χ4v) is 1.55. The van der Waals surface area contributed by atoms with E-state index < -0.39 is 0 Å². The van der Waals surface area contributed by atoms with Crippen LogP contribution in [0.1, 0.15) is 33.6 Å². The highest BCUT2D eigenvalue weighted by molar-refractivity contribution is 5.35. The summed E-state index contributed by atoms with van der Waals surface area (Å²) in [7, 11) is 1.77. The molecule has 0 aliphatic heterocycles. The Morgan fingerprint density at radius 1 is 1.06 bits per heavy atom. The summed E-state index contributed by atoms with van der Waals surface area (Å²) in [5.41, 5.74) is 0. The van der Waals surface area contributed by atoms with E-state index in [0.717, 1.165) is 19.4 Å². The van der Waals surface area contributed by atoms with Crippen LogP contribution in [0.3, 0.4) is 0 Å². The third-order valence-electron chi connectivity index (χ3n) is 2.82. The van der Waals surface area contributed by atoms with Crippen molar-refractivity contribution in [3.8, 4) is 6.01 Å². The van der Waals surface area contributed by atoms with Gasteiger partial charge >= 0.3 is 6.01 Å². The Labute approximate surface area is 109 Å². The molecule has 102 valence electrons. The molecule has 0 saturated heterocycles. The second kappa shape index (κ2) is 7.68. The van der Waals surface area contributed by atoms with Crippen LogP contribution in [0.4, 0.5) is 11.9 Å². The van der Waals surface area contributed by atoms with Gasteiger partial charge in [0, 0.05) is 13.6 Å². The first-order valence-electron chi connectivity index (χ1n) is 6.53. The number of rotatable bonds is 8. The van der Waals surface area contributed by atoms with Crippen LogP contribution < -0.4 is 15.4 Å². The van der Waals surface area contributed by atoms with Crippen molar-refractivity contribution >= 4 is 11.9 Å². The number of hydrogen-bond acceptors (Lipinski definition) is 6. The molecule has 0 aliphatic carbocycles. The number of nitrogens with one attached hydrogen (secondary N) is 2. The lowest BCUT2D eigenvalue weighted by molar-refractivity contribution is 0.312. The number of ether oxygens (including phenoxy) is 1. The minimum atomic E-state index is 0.351. The summed E-state index contributed by atoms with van der Waals surface area (Å²) < 4.78 is 5.31. The maximum atomic E-state index is 5.31. The van der Waals surface area contributed by atoms with Crippen molar-refractivity contribution in [1.82, 2.24) is 15.0 Å². The Bertz CT molecular complexity index is 354. The van der Waals surface area contributed by atoms with Crippen LogP contribution in [0, 0.1) is 5.92 Å². The van der Waals surface area contributed by atoms with E-state index in [-0.39, 0.29) is 0 Å². The third kappa shape index (κ3) is 4.35. The normalized spacial score (nSPS) is 10.5. The second-order valence-electron chi connectivity index (χ2n) is 4.01. The van der Waals surface area contributed by atoms with Crippen LogP contribution in [0.25, 0.3) is 0 Å². The molecule has 1 rings (SSSR count). The first kappa shape index (κ1) is 14.5. The Morgan fingerprint density at radius 3 is 2.28 bits per heavy atom. The van der Waals surface area contributed by atoms with Gasteiger partial charge in [0.25, 0.3) is 0 Å². The molecule has 0 unspecified atom stereocenters. The van der Waals surface area contributed by atoms with E-state index in [1.807, 2.05) is 6.92 Å². The Morgan fingerprint density at radius 2 is 1.72 bits per heavy atom. The van der Waals surface area contributed by atoms with Gasteiger partial charge in [-0.2, -0.15) is 15.0 Å². The van der Waals surface area contributed by atoms with Crippen molar-refractivity contribution in [3.63, 3.8) is 0 Å². The monoisotopic (exact) mass is 253 g/mol. The molecule has 6 heteroatoms. The van der Waals surface area contributed by atoms with E-state index in [1.165, 1.54) is 0 Å². The number of anilines is 2. The predicted octanol–water partition coefficient (Wildman–Crippen LogP) is 2.16. The molecule has 0 saturated carbocycles. The molecule has 0 bridgehead atoms. The average molecular weight is 253 g/mol. The lowest BCUT2D eigenvalue weighted by Crippen LogP contribution is -2.16. The van der Waals surface area contributed by atoms with Crippen molar-refractivity contribution in [1.29, 1.82) is 0 Å². The minimum Gasteiger partial charge on any atom is -0.464 e. The first-order chi connectivity index (χ1) is 8.73. The standard InChI is InChI=1S/C12H23N5O/c1-5-9(6-2)8-14-11-15-10(13-4)16-12(17-11)18-7-3/h9H,5-8H2,1-4H3,(H2,13,14,15,16,17). The van der Waals surface area contributed by atoms with Gasteiger partial charge in [-0.15, -0.1) is 0 Å². The molecule has 2 N–H and O–H groups in total. The summed E-state index contributed by atoms with van der Waals surface area (Å²) >= 11 is 0. The minimum absolute atomic E-state index is 0.351. The zero-order chi connectivity index (χ0) is 13.4. The fourth-order valence-electron chi connectivity index (χ4n) is 1.55. The third-order valence-corrected chi connectivity index (χ3v) is 2.82. The molecule has 0 spiro atoms. The van der Waals surface area contributed by atoms with E-state index in [9.17, 15) is 0 Å². The lowest BCUT2D eigenvalue weighted by Gasteiger charge is -2.13. The van der Waals surface area contributed by atoms with E-state index in [2.05, 4.69) is 39.4 Å². The molecule has 1 aromatic heterocycles. The smallest absolute Gasteiger partial charge is 0.323 e. The van der Waals surface area contributed by atoms with Gasteiger partial charge in [-0.25, -0.2) is 0 Å². The highest BCUT2D eigenvalue weighted by Crippen LogP contribution is 2.13. The Balaban J connectivity index is 2.71.